The molecule has 0 bridgehead atoms. The molecule has 0 amide bonds. The third-order valence-corrected chi connectivity index (χ3v) is 13.6. The van der Waals surface area contributed by atoms with E-state index in [1.165, 1.54) is 52.1 Å². The second-order valence-electron chi connectivity index (χ2n) is 14.2. The smallest absolute Gasteiger partial charge is 0.305 e. The zero-order valence-corrected chi connectivity index (χ0v) is 25.6. The molecule has 5 rings (SSSR count). The molecule has 4 saturated carbocycles. The summed E-state index contributed by atoms with van der Waals surface area (Å²) >= 11 is 0. The second kappa shape index (κ2) is 11.1. The maximum Gasteiger partial charge on any atom is 0.305 e. The molecular weight excluding hydrogens is 508 g/mol. The van der Waals surface area contributed by atoms with Crippen LogP contribution in [-0.2, 0) is 23.8 Å². The Balaban J connectivity index is 1.20. The minimum absolute atomic E-state index is 0.0785. The number of methoxy groups -OCH3 is 1. The van der Waals surface area contributed by atoms with Gasteiger partial charge in [0.1, 0.15) is 0 Å². The number of carbonyl (C=O) groups is 1. The molecule has 0 N–H and O–H groups in total. The monoisotopic (exact) mass is 558 g/mol. The lowest BCUT2D eigenvalue weighted by atomic mass is 9.44. The SMILES string of the molecule is COC(=O)CC[C@@H](C)C1CCC2[C@@H]3CC[C@@H]4CC(COS(=O)(=O)c5ccc(C)cc5)CC[C@]4(C)C3CC[C@@]21C. The van der Waals surface area contributed by atoms with Gasteiger partial charge < -0.3 is 4.74 Å². The van der Waals surface area contributed by atoms with E-state index in [9.17, 15) is 13.2 Å². The molecule has 0 heterocycles. The number of hydrogen-bond donors (Lipinski definition) is 0. The highest BCUT2D eigenvalue weighted by Crippen LogP contribution is 2.68. The molecule has 4 fully saturated rings. The highest BCUT2D eigenvalue weighted by atomic mass is 32.2. The van der Waals surface area contributed by atoms with E-state index in [-0.39, 0.29) is 10.9 Å². The van der Waals surface area contributed by atoms with Crippen molar-refractivity contribution in [1.82, 2.24) is 0 Å². The molecule has 0 saturated heterocycles. The molecule has 39 heavy (non-hydrogen) atoms. The number of carbonyl (C=O) groups excluding carboxylic acids is 1. The quantitative estimate of drug-likeness (QED) is 0.243. The van der Waals surface area contributed by atoms with Crippen LogP contribution in [0.15, 0.2) is 29.2 Å². The Bertz CT molecular complexity index is 1130. The van der Waals surface area contributed by atoms with Crippen molar-refractivity contribution >= 4 is 16.1 Å². The Hall–Kier alpha value is -1.40. The van der Waals surface area contributed by atoms with Crippen molar-refractivity contribution in [2.45, 2.75) is 103 Å². The Morgan fingerprint density at radius 2 is 1.67 bits per heavy atom. The summed E-state index contributed by atoms with van der Waals surface area (Å²) in [4.78, 5) is 12.0. The van der Waals surface area contributed by atoms with Crippen molar-refractivity contribution < 1.29 is 22.1 Å². The zero-order valence-electron chi connectivity index (χ0n) is 24.8. The molecule has 1 aromatic carbocycles. The van der Waals surface area contributed by atoms with Crippen LogP contribution in [0.3, 0.4) is 0 Å². The summed E-state index contributed by atoms with van der Waals surface area (Å²) in [6.07, 6.45) is 12.7. The second-order valence-corrected chi connectivity index (χ2v) is 15.8. The molecule has 1 aromatic rings. The summed E-state index contributed by atoms with van der Waals surface area (Å²) < 4.78 is 36.1. The Kier molecular flexibility index (Phi) is 8.29. The highest BCUT2D eigenvalue weighted by Gasteiger charge is 2.60. The van der Waals surface area contributed by atoms with Gasteiger partial charge in [-0.25, -0.2) is 0 Å². The maximum absolute atomic E-state index is 12.8. The Morgan fingerprint density at radius 1 is 0.974 bits per heavy atom. The minimum atomic E-state index is -3.71. The first-order valence-corrected chi connectivity index (χ1v) is 16.9. The number of hydrogen-bond acceptors (Lipinski definition) is 5. The van der Waals surface area contributed by atoms with Crippen molar-refractivity contribution in [3.8, 4) is 0 Å². The molecule has 4 aliphatic carbocycles. The number of aryl methyl sites for hydroxylation is 1. The molecule has 4 unspecified atom stereocenters. The van der Waals surface area contributed by atoms with Gasteiger partial charge in [-0.15, -0.1) is 0 Å². The standard InChI is InChI=1S/C33H50O5S/c1-22-6-10-26(11-7-22)39(35,36)38-21-24-16-18-32(3)25(20-24)9-12-27-29-14-13-28(23(2)8-15-31(34)37-5)33(29,4)19-17-30(27)32/h6-7,10-11,23-25,27-30H,8-9,12-21H2,1-5H3/t23-,24?,25-,27+,28?,29?,30?,32+,33-/m1/s1. The van der Waals surface area contributed by atoms with Crippen molar-refractivity contribution in [3.05, 3.63) is 29.8 Å². The topological polar surface area (TPSA) is 69.7 Å². The third-order valence-electron chi connectivity index (χ3n) is 12.3. The van der Waals surface area contributed by atoms with Gasteiger partial charge in [0.2, 0.25) is 0 Å². The summed E-state index contributed by atoms with van der Waals surface area (Å²) in [6, 6.07) is 6.94. The number of benzene rings is 1. The van der Waals surface area contributed by atoms with E-state index in [0.717, 1.165) is 42.6 Å². The van der Waals surface area contributed by atoms with E-state index >= 15 is 0 Å². The molecule has 4 aliphatic rings. The van der Waals surface area contributed by atoms with E-state index in [2.05, 4.69) is 20.8 Å². The largest absolute Gasteiger partial charge is 0.469 e. The summed E-state index contributed by atoms with van der Waals surface area (Å²) in [5, 5.41) is 0. The number of esters is 1. The fourth-order valence-corrected chi connectivity index (χ4v) is 11.1. The van der Waals surface area contributed by atoms with Gasteiger partial charge in [0.05, 0.1) is 18.6 Å². The van der Waals surface area contributed by atoms with Gasteiger partial charge in [0.15, 0.2) is 0 Å². The number of ether oxygens (including phenoxy) is 1. The van der Waals surface area contributed by atoms with Gasteiger partial charge in [-0.05, 0) is 136 Å². The van der Waals surface area contributed by atoms with E-state index in [1.54, 1.807) is 12.1 Å². The highest BCUT2D eigenvalue weighted by molar-refractivity contribution is 7.86. The van der Waals surface area contributed by atoms with Crippen LogP contribution >= 0.6 is 0 Å². The first kappa shape index (κ1) is 29.1. The van der Waals surface area contributed by atoms with Gasteiger partial charge in [-0.3, -0.25) is 8.98 Å². The van der Waals surface area contributed by atoms with Crippen LogP contribution in [0, 0.1) is 59.2 Å². The molecule has 0 aliphatic heterocycles. The molecule has 6 heteroatoms. The molecular formula is C33H50O5S. The molecule has 9 atom stereocenters. The van der Waals surface area contributed by atoms with Gasteiger partial charge in [-0.1, -0.05) is 38.5 Å². The maximum atomic E-state index is 12.8. The van der Waals surface area contributed by atoms with Crippen LogP contribution in [0.4, 0.5) is 0 Å². The zero-order chi connectivity index (χ0) is 28.0. The van der Waals surface area contributed by atoms with Crippen LogP contribution in [0.1, 0.15) is 97.0 Å². The van der Waals surface area contributed by atoms with Crippen LogP contribution in [-0.4, -0.2) is 28.1 Å². The van der Waals surface area contributed by atoms with Gasteiger partial charge in [0, 0.05) is 6.42 Å². The van der Waals surface area contributed by atoms with Crippen molar-refractivity contribution in [3.63, 3.8) is 0 Å². The summed E-state index contributed by atoms with van der Waals surface area (Å²) in [5.41, 5.74) is 1.81. The lowest BCUT2D eigenvalue weighted by Crippen LogP contribution is -2.54. The predicted molar refractivity (Wildman–Crippen MR) is 153 cm³/mol. The molecule has 0 spiro atoms. The van der Waals surface area contributed by atoms with Crippen LogP contribution in [0.25, 0.3) is 0 Å². The molecule has 218 valence electrons. The number of fused-ring (bicyclic) bond motifs is 5. The lowest BCUT2D eigenvalue weighted by molar-refractivity contribution is -0.141. The van der Waals surface area contributed by atoms with E-state index in [4.69, 9.17) is 8.92 Å². The van der Waals surface area contributed by atoms with Gasteiger partial charge >= 0.3 is 5.97 Å². The molecule has 5 nitrogen and oxygen atoms in total. The van der Waals surface area contributed by atoms with Gasteiger partial charge in [-0.2, -0.15) is 8.42 Å². The first-order chi connectivity index (χ1) is 18.5. The average molecular weight is 559 g/mol. The summed E-state index contributed by atoms with van der Waals surface area (Å²) in [7, 11) is -2.21. The fraction of sp³-hybridized carbons (Fsp3) is 0.788. The van der Waals surface area contributed by atoms with E-state index in [1.807, 2.05) is 19.1 Å². The predicted octanol–water partition coefficient (Wildman–Crippen LogP) is 7.56. The third kappa shape index (κ3) is 5.46. The summed E-state index contributed by atoms with van der Waals surface area (Å²) in [5.74, 6) is 4.60. The summed E-state index contributed by atoms with van der Waals surface area (Å²) in [6.45, 7) is 9.79. The number of rotatable bonds is 8. The van der Waals surface area contributed by atoms with Crippen molar-refractivity contribution in [2.75, 3.05) is 13.7 Å². The van der Waals surface area contributed by atoms with Gasteiger partial charge in [0.25, 0.3) is 10.1 Å². The van der Waals surface area contributed by atoms with E-state index < -0.39 is 10.1 Å². The molecule has 0 aromatic heterocycles. The molecule has 0 radical (unpaired) electrons. The van der Waals surface area contributed by atoms with Crippen LogP contribution < -0.4 is 0 Å². The van der Waals surface area contributed by atoms with Crippen molar-refractivity contribution in [1.29, 1.82) is 0 Å². The average Bonchev–Trinajstić information content (AvgIpc) is 3.28. The van der Waals surface area contributed by atoms with Crippen LogP contribution in [0.5, 0.6) is 0 Å². The normalized spacial score (nSPS) is 38.8. The Morgan fingerprint density at radius 3 is 2.38 bits per heavy atom. The lowest BCUT2D eigenvalue weighted by Gasteiger charge is -2.61. The minimum Gasteiger partial charge on any atom is -0.469 e. The fourth-order valence-electron chi connectivity index (χ4n) is 10.1. The Labute approximate surface area is 236 Å². The van der Waals surface area contributed by atoms with E-state index in [0.29, 0.717) is 47.5 Å². The van der Waals surface area contributed by atoms with Crippen LogP contribution in [0.2, 0.25) is 0 Å². The van der Waals surface area contributed by atoms with Crippen molar-refractivity contribution in [2.24, 2.45) is 52.3 Å². The first-order valence-electron chi connectivity index (χ1n) is 15.5.